The van der Waals surface area contributed by atoms with Crippen LogP contribution in [-0.4, -0.2) is 37.5 Å². The Morgan fingerprint density at radius 2 is 2.09 bits per heavy atom. The van der Waals surface area contributed by atoms with Gasteiger partial charge < -0.3 is 16.0 Å². The molecule has 1 fully saturated rings. The van der Waals surface area contributed by atoms with Gasteiger partial charge in [0.25, 0.3) is 5.91 Å². The van der Waals surface area contributed by atoms with Crippen molar-refractivity contribution in [3.63, 3.8) is 0 Å². The van der Waals surface area contributed by atoms with Gasteiger partial charge in [0.05, 0.1) is 5.56 Å². The van der Waals surface area contributed by atoms with Crippen LogP contribution in [0.3, 0.4) is 0 Å². The Morgan fingerprint density at radius 3 is 2.78 bits per heavy atom. The molecule has 0 spiro atoms. The van der Waals surface area contributed by atoms with Crippen molar-refractivity contribution >= 4 is 11.8 Å². The Balaban J connectivity index is 1.62. The Labute approximate surface area is 133 Å². The molecule has 1 unspecified atom stereocenters. The topological polar surface area (TPSA) is 70.2 Å². The van der Waals surface area contributed by atoms with E-state index < -0.39 is 17.5 Å². The molecule has 1 aromatic rings. The number of rotatable bonds is 7. The summed E-state index contributed by atoms with van der Waals surface area (Å²) >= 11 is 0. The third kappa shape index (κ3) is 5.59. The van der Waals surface area contributed by atoms with Gasteiger partial charge in [-0.05, 0) is 37.9 Å². The summed E-state index contributed by atoms with van der Waals surface area (Å²) in [6.45, 7) is 1.86. The fourth-order valence-corrected chi connectivity index (χ4v) is 2.48. The van der Waals surface area contributed by atoms with E-state index >= 15 is 0 Å². The van der Waals surface area contributed by atoms with Crippen LogP contribution in [0.5, 0.6) is 0 Å². The number of hydrogen-bond acceptors (Lipinski definition) is 3. The summed E-state index contributed by atoms with van der Waals surface area (Å²) in [6, 6.07) is 3.14. The second-order valence-electron chi connectivity index (χ2n) is 5.58. The van der Waals surface area contributed by atoms with Gasteiger partial charge in [0, 0.05) is 31.6 Å². The van der Waals surface area contributed by atoms with Crippen molar-refractivity contribution in [1.29, 1.82) is 0 Å². The summed E-state index contributed by atoms with van der Waals surface area (Å²) in [7, 11) is 0. The highest BCUT2D eigenvalue weighted by atomic mass is 19.1. The van der Waals surface area contributed by atoms with Gasteiger partial charge in [0.15, 0.2) is 0 Å². The molecule has 2 rings (SSSR count). The minimum Gasteiger partial charge on any atom is -0.355 e. The van der Waals surface area contributed by atoms with Crippen LogP contribution in [0.15, 0.2) is 18.2 Å². The number of hydrogen-bond donors (Lipinski definition) is 3. The fraction of sp³-hybridized carbons (Fsp3) is 0.500. The molecule has 1 heterocycles. The van der Waals surface area contributed by atoms with Crippen LogP contribution >= 0.6 is 0 Å². The second-order valence-corrected chi connectivity index (χ2v) is 5.58. The van der Waals surface area contributed by atoms with Crippen LogP contribution in [0.2, 0.25) is 0 Å². The lowest BCUT2D eigenvalue weighted by Crippen LogP contribution is -2.37. The maximum absolute atomic E-state index is 13.4. The fourth-order valence-electron chi connectivity index (χ4n) is 2.48. The standard InChI is InChI=1S/C16H21F2N3O2/c17-11-5-6-13(14(18)9-11)16(23)20-8-2-4-15(22)21-10-12-3-1-7-19-12/h5-6,9,12,19H,1-4,7-8,10H2,(H,20,23)(H,21,22). The van der Waals surface area contributed by atoms with Gasteiger partial charge >= 0.3 is 0 Å². The lowest BCUT2D eigenvalue weighted by molar-refractivity contribution is -0.121. The SMILES string of the molecule is O=C(CCCNC(=O)c1ccc(F)cc1F)NCC1CCCN1. The van der Waals surface area contributed by atoms with E-state index in [0.717, 1.165) is 31.5 Å². The molecule has 1 aliphatic rings. The van der Waals surface area contributed by atoms with Gasteiger partial charge in [0.1, 0.15) is 11.6 Å². The van der Waals surface area contributed by atoms with E-state index in [0.29, 0.717) is 31.5 Å². The molecule has 126 valence electrons. The molecule has 1 atom stereocenters. The lowest BCUT2D eigenvalue weighted by atomic mass is 10.2. The average molecular weight is 325 g/mol. The number of halogens is 2. The molecule has 0 aliphatic carbocycles. The predicted octanol–water partition coefficient (Wildman–Crippen LogP) is 1.34. The first-order chi connectivity index (χ1) is 11.1. The van der Waals surface area contributed by atoms with Crippen molar-refractivity contribution in [2.75, 3.05) is 19.6 Å². The minimum atomic E-state index is -0.899. The van der Waals surface area contributed by atoms with E-state index in [1.807, 2.05) is 0 Å². The molecule has 1 aliphatic heterocycles. The summed E-state index contributed by atoms with van der Waals surface area (Å²) in [5, 5.41) is 8.65. The largest absolute Gasteiger partial charge is 0.355 e. The van der Waals surface area contributed by atoms with E-state index in [1.165, 1.54) is 0 Å². The first-order valence-corrected chi connectivity index (χ1v) is 7.79. The van der Waals surface area contributed by atoms with Gasteiger partial charge in [-0.15, -0.1) is 0 Å². The molecule has 0 radical (unpaired) electrons. The van der Waals surface area contributed by atoms with Gasteiger partial charge in [-0.2, -0.15) is 0 Å². The third-order valence-electron chi connectivity index (χ3n) is 3.75. The zero-order valence-corrected chi connectivity index (χ0v) is 12.8. The zero-order valence-electron chi connectivity index (χ0n) is 12.8. The van der Waals surface area contributed by atoms with Crippen molar-refractivity contribution < 1.29 is 18.4 Å². The molecule has 0 bridgehead atoms. The summed E-state index contributed by atoms with van der Waals surface area (Å²) in [5.41, 5.74) is -0.205. The highest BCUT2D eigenvalue weighted by molar-refractivity contribution is 5.94. The lowest BCUT2D eigenvalue weighted by Gasteiger charge is -2.11. The smallest absolute Gasteiger partial charge is 0.254 e. The van der Waals surface area contributed by atoms with Crippen LogP contribution in [0, 0.1) is 11.6 Å². The van der Waals surface area contributed by atoms with Crippen molar-refractivity contribution in [3.05, 3.63) is 35.4 Å². The molecule has 3 N–H and O–H groups in total. The van der Waals surface area contributed by atoms with Crippen LogP contribution in [-0.2, 0) is 4.79 Å². The monoisotopic (exact) mass is 325 g/mol. The molecule has 0 saturated carbocycles. The van der Waals surface area contributed by atoms with Crippen LogP contribution in [0.4, 0.5) is 8.78 Å². The molecule has 7 heteroatoms. The molecule has 1 aromatic carbocycles. The Kier molecular flexibility index (Phi) is 6.46. The molecular formula is C16H21F2N3O2. The van der Waals surface area contributed by atoms with Gasteiger partial charge in [-0.1, -0.05) is 0 Å². The molecule has 5 nitrogen and oxygen atoms in total. The van der Waals surface area contributed by atoms with Crippen LogP contribution < -0.4 is 16.0 Å². The maximum Gasteiger partial charge on any atom is 0.254 e. The maximum atomic E-state index is 13.4. The van der Waals surface area contributed by atoms with Crippen LogP contribution in [0.1, 0.15) is 36.0 Å². The summed E-state index contributed by atoms with van der Waals surface area (Å²) in [6.07, 6.45) is 2.95. The van der Waals surface area contributed by atoms with Crippen molar-refractivity contribution in [3.8, 4) is 0 Å². The number of amides is 2. The van der Waals surface area contributed by atoms with E-state index in [1.54, 1.807) is 0 Å². The Morgan fingerprint density at radius 1 is 1.26 bits per heavy atom. The van der Waals surface area contributed by atoms with Gasteiger partial charge in [-0.25, -0.2) is 8.78 Å². The Bertz CT molecular complexity index is 560. The van der Waals surface area contributed by atoms with E-state index in [9.17, 15) is 18.4 Å². The van der Waals surface area contributed by atoms with Crippen molar-refractivity contribution in [2.24, 2.45) is 0 Å². The normalized spacial score (nSPS) is 17.0. The Hall–Kier alpha value is -2.02. The molecule has 0 aromatic heterocycles. The van der Waals surface area contributed by atoms with Crippen molar-refractivity contribution in [2.45, 2.75) is 31.7 Å². The quantitative estimate of drug-likeness (QED) is 0.663. The van der Waals surface area contributed by atoms with E-state index in [-0.39, 0.29) is 18.0 Å². The molecule has 1 saturated heterocycles. The van der Waals surface area contributed by atoms with E-state index in [2.05, 4.69) is 16.0 Å². The highest BCUT2D eigenvalue weighted by Gasteiger charge is 2.15. The first kappa shape index (κ1) is 17.3. The summed E-state index contributed by atoms with van der Waals surface area (Å²) < 4.78 is 26.2. The van der Waals surface area contributed by atoms with Crippen LogP contribution in [0.25, 0.3) is 0 Å². The third-order valence-corrected chi connectivity index (χ3v) is 3.75. The summed E-state index contributed by atoms with van der Waals surface area (Å²) in [5.74, 6) is -2.31. The first-order valence-electron chi connectivity index (χ1n) is 7.79. The molecular weight excluding hydrogens is 304 g/mol. The molecule has 2 amide bonds. The minimum absolute atomic E-state index is 0.0686. The van der Waals surface area contributed by atoms with E-state index in [4.69, 9.17) is 0 Å². The summed E-state index contributed by atoms with van der Waals surface area (Å²) in [4.78, 5) is 23.4. The highest BCUT2D eigenvalue weighted by Crippen LogP contribution is 2.09. The molecule has 23 heavy (non-hydrogen) atoms. The van der Waals surface area contributed by atoms with Gasteiger partial charge in [0.2, 0.25) is 5.91 Å². The number of nitrogens with one attached hydrogen (secondary N) is 3. The number of carbonyl (C=O) groups excluding carboxylic acids is 2. The predicted molar refractivity (Wildman–Crippen MR) is 82.0 cm³/mol. The van der Waals surface area contributed by atoms with Gasteiger partial charge in [-0.3, -0.25) is 9.59 Å². The second kappa shape index (κ2) is 8.57. The van der Waals surface area contributed by atoms with Crippen molar-refractivity contribution in [1.82, 2.24) is 16.0 Å². The number of carbonyl (C=O) groups is 2. The zero-order chi connectivity index (χ0) is 16.7. The average Bonchev–Trinajstić information content (AvgIpc) is 3.02. The number of benzene rings is 1.